The van der Waals surface area contributed by atoms with Crippen molar-refractivity contribution < 1.29 is 18.3 Å². The first-order chi connectivity index (χ1) is 10.0. The molecule has 0 saturated heterocycles. The van der Waals surface area contributed by atoms with Gasteiger partial charge in [0, 0.05) is 12.6 Å². The molecule has 1 atom stereocenters. The van der Waals surface area contributed by atoms with Crippen LogP contribution in [0, 0.1) is 0 Å². The third-order valence-corrected chi connectivity index (χ3v) is 3.92. The van der Waals surface area contributed by atoms with E-state index >= 15 is 0 Å². The van der Waals surface area contributed by atoms with Crippen molar-refractivity contribution in [2.45, 2.75) is 32.9 Å². The maximum Gasteiger partial charge on any atom is 0.317 e. The average Bonchev–Trinajstić information content (AvgIpc) is 2.35. The molecule has 1 amide bonds. The fourth-order valence-electron chi connectivity index (χ4n) is 2.43. The van der Waals surface area contributed by atoms with Crippen LogP contribution in [0.2, 0.25) is 0 Å². The summed E-state index contributed by atoms with van der Waals surface area (Å²) in [6, 6.07) is -0.490. The van der Waals surface area contributed by atoms with E-state index in [1.54, 1.807) is 6.92 Å². The van der Waals surface area contributed by atoms with Crippen LogP contribution in [-0.2, 0) is 10.0 Å². The Bertz CT molecular complexity index is 783. The van der Waals surface area contributed by atoms with Crippen LogP contribution in [0.5, 0.6) is 5.75 Å². The van der Waals surface area contributed by atoms with Gasteiger partial charge in [0.1, 0.15) is 0 Å². The minimum Gasteiger partial charge on any atom is -0.501 e. The summed E-state index contributed by atoms with van der Waals surface area (Å²) >= 11 is 0. The van der Waals surface area contributed by atoms with E-state index in [0.29, 0.717) is 6.54 Å². The summed E-state index contributed by atoms with van der Waals surface area (Å²) in [4.78, 5) is 29.3. The molecule has 122 valence electrons. The smallest absolute Gasteiger partial charge is 0.317 e. The molecule has 2 heterocycles. The summed E-state index contributed by atoms with van der Waals surface area (Å²) in [5.41, 5.74) is -1.30. The number of aromatic nitrogens is 2. The van der Waals surface area contributed by atoms with E-state index in [1.165, 1.54) is 9.47 Å². The zero-order chi connectivity index (χ0) is 16.8. The van der Waals surface area contributed by atoms with Gasteiger partial charge in [0.25, 0.3) is 5.91 Å². The van der Waals surface area contributed by atoms with Crippen LogP contribution in [0.3, 0.4) is 0 Å². The second-order valence-electron chi connectivity index (χ2n) is 5.58. The molecule has 2 rings (SSSR count). The molecule has 1 aromatic heterocycles. The lowest BCUT2D eigenvalue weighted by atomic mass is 10.1. The number of fused-ring (bicyclic) bond motifs is 1. The predicted molar refractivity (Wildman–Crippen MR) is 79.5 cm³/mol. The van der Waals surface area contributed by atoms with Crippen LogP contribution < -0.4 is 10.3 Å². The summed E-state index contributed by atoms with van der Waals surface area (Å²) in [6.45, 7) is 5.68. The van der Waals surface area contributed by atoms with Gasteiger partial charge in [-0.05, 0) is 20.8 Å². The average molecular weight is 330 g/mol. The lowest BCUT2D eigenvalue weighted by Gasteiger charge is -2.37. The van der Waals surface area contributed by atoms with Gasteiger partial charge in [0.2, 0.25) is 21.7 Å². The highest BCUT2D eigenvalue weighted by Gasteiger charge is 2.36. The van der Waals surface area contributed by atoms with Crippen LogP contribution >= 0.6 is 0 Å². The summed E-state index contributed by atoms with van der Waals surface area (Å²) in [5.74, 6) is -1.59. The number of anilines is 1. The molecular formula is C12H18N4O5S. The molecule has 0 fully saturated rings. The number of rotatable bonds is 3. The molecule has 0 saturated carbocycles. The zero-order valence-electron chi connectivity index (χ0n) is 12.7. The van der Waals surface area contributed by atoms with Gasteiger partial charge in [-0.15, -0.1) is 0 Å². The maximum absolute atomic E-state index is 12.5. The predicted octanol–water partition coefficient (Wildman–Crippen LogP) is -0.254. The molecule has 1 aliphatic rings. The first kappa shape index (κ1) is 16.3. The molecule has 1 aromatic rings. The molecule has 0 spiro atoms. The van der Waals surface area contributed by atoms with Gasteiger partial charge in [-0.3, -0.25) is 18.9 Å². The number of aromatic hydroxyl groups is 1. The van der Waals surface area contributed by atoms with E-state index in [9.17, 15) is 23.1 Å². The van der Waals surface area contributed by atoms with Crippen molar-refractivity contribution in [3.63, 3.8) is 0 Å². The van der Waals surface area contributed by atoms with Gasteiger partial charge >= 0.3 is 5.56 Å². The number of carbonyl (C=O) groups is 1. The normalized spacial score (nSPS) is 18.5. The van der Waals surface area contributed by atoms with Crippen molar-refractivity contribution in [2.24, 2.45) is 0 Å². The molecule has 0 unspecified atom stereocenters. The van der Waals surface area contributed by atoms with Crippen molar-refractivity contribution in [3.05, 3.63) is 16.0 Å². The summed E-state index contributed by atoms with van der Waals surface area (Å²) in [6.07, 6.45) is 0.911. The van der Waals surface area contributed by atoms with Gasteiger partial charge < -0.3 is 10.0 Å². The monoisotopic (exact) mass is 330 g/mol. The highest BCUT2D eigenvalue weighted by atomic mass is 32.2. The van der Waals surface area contributed by atoms with E-state index in [2.05, 4.69) is 9.71 Å². The standard InChI is InChI=1S/C12H18N4O5S/c1-6(2)15-5-7(3)16-8(11(15)19)9(17)10(18)13-12(16)14-22(4,20)21/h6-7,17H,5H2,1-4H3,(H,13,14,18)/t7-/m0/s1. The second-order valence-corrected chi connectivity index (χ2v) is 7.33. The Balaban J connectivity index is 2.73. The lowest BCUT2D eigenvalue weighted by Crippen LogP contribution is -2.47. The molecule has 1 aliphatic heterocycles. The first-order valence-corrected chi connectivity index (χ1v) is 8.56. The summed E-state index contributed by atoms with van der Waals surface area (Å²) in [7, 11) is -3.69. The topological polar surface area (TPSA) is 122 Å². The number of sulfonamides is 1. The highest BCUT2D eigenvalue weighted by Crippen LogP contribution is 2.29. The zero-order valence-corrected chi connectivity index (χ0v) is 13.5. The van der Waals surface area contributed by atoms with E-state index in [1.807, 2.05) is 13.8 Å². The number of amides is 1. The Morgan fingerprint density at radius 3 is 2.45 bits per heavy atom. The Hall–Kier alpha value is -2.10. The maximum atomic E-state index is 12.5. The van der Waals surface area contributed by atoms with Crippen LogP contribution in [0.1, 0.15) is 37.3 Å². The van der Waals surface area contributed by atoms with E-state index in [0.717, 1.165) is 6.26 Å². The van der Waals surface area contributed by atoms with Crippen molar-refractivity contribution >= 4 is 21.9 Å². The van der Waals surface area contributed by atoms with Gasteiger partial charge in [-0.25, -0.2) is 8.42 Å². The Morgan fingerprint density at radius 2 is 1.95 bits per heavy atom. The number of nitrogens with zero attached hydrogens (tertiary/aromatic N) is 3. The fraction of sp³-hybridized carbons (Fsp3) is 0.583. The van der Waals surface area contributed by atoms with Crippen LogP contribution in [-0.4, -0.2) is 52.7 Å². The van der Waals surface area contributed by atoms with Gasteiger partial charge in [0.05, 0.1) is 12.3 Å². The van der Waals surface area contributed by atoms with Crippen LogP contribution in [0.15, 0.2) is 4.79 Å². The number of carbonyl (C=O) groups excluding carboxylic acids is 1. The lowest BCUT2D eigenvalue weighted by molar-refractivity contribution is 0.0608. The van der Waals surface area contributed by atoms with Gasteiger partial charge in [0.15, 0.2) is 5.69 Å². The van der Waals surface area contributed by atoms with Gasteiger partial charge in [-0.2, -0.15) is 4.98 Å². The highest BCUT2D eigenvalue weighted by molar-refractivity contribution is 7.91. The number of nitrogens with one attached hydrogen (secondary N) is 1. The Morgan fingerprint density at radius 1 is 1.36 bits per heavy atom. The van der Waals surface area contributed by atoms with Crippen molar-refractivity contribution in [2.75, 3.05) is 17.5 Å². The summed E-state index contributed by atoms with van der Waals surface area (Å²) in [5, 5.41) is 9.93. The minimum atomic E-state index is -3.69. The molecular weight excluding hydrogens is 312 g/mol. The molecule has 0 aromatic carbocycles. The van der Waals surface area contributed by atoms with Crippen LogP contribution in [0.25, 0.3) is 0 Å². The Kier molecular flexibility index (Phi) is 3.90. The van der Waals surface area contributed by atoms with Gasteiger partial charge in [-0.1, -0.05) is 0 Å². The minimum absolute atomic E-state index is 0.127. The third kappa shape index (κ3) is 2.78. The van der Waals surface area contributed by atoms with Crippen molar-refractivity contribution in [1.29, 1.82) is 0 Å². The molecule has 9 nitrogen and oxygen atoms in total. The molecule has 10 heteroatoms. The molecule has 22 heavy (non-hydrogen) atoms. The van der Waals surface area contributed by atoms with E-state index in [-0.39, 0.29) is 23.7 Å². The SMILES string of the molecule is CC(C)N1C[C@H](C)n2c(NS(C)(=O)=O)nc(=O)c(O)c2C1=O. The molecule has 0 bridgehead atoms. The number of hydrogen-bond donors (Lipinski definition) is 2. The molecule has 0 radical (unpaired) electrons. The second kappa shape index (κ2) is 5.27. The number of hydrogen-bond acceptors (Lipinski definition) is 6. The van der Waals surface area contributed by atoms with E-state index < -0.39 is 27.2 Å². The van der Waals surface area contributed by atoms with E-state index in [4.69, 9.17) is 0 Å². The first-order valence-electron chi connectivity index (χ1n) is 6.67. The fourth-order valence-corrected chi connectivity index (χ4v) is 2.90. The van der Waals surface area contributed by atoms with Crippen molar-refractivity contribution in [3.8, 4) is 5.75 Å². The summed E-state index contributed by atoms with van der Waals surface area (Å²) < 4.78 is 26.2. The third-order valence-electron chi connectivity index (χ3n) is 3.37. The van der Waals surface area contributed by atoms with Crippen molar-refractivity contribution in [1.82, 2.24) is 14.5 Å². The molecule has 2 N–H and O–H groups in total. The van der Waals surface area contributed by atoms with Crippen LogP contribution in [0.4, 0.5) is 5.95 Å². The Labute approximate surface area is 127 Å². The molecule has 0 aliphatic carbocycles. The largest absolute Gasteiger partial charge is 0.501 e. The quantitative estimate of drug-likeness (QED) is 0.788.